The van der Waals surface area contributed by atoms with Crippen LogP contribution >= 0.6 is 23.7 Å². The van der Waals surface area contributed by atoms with E-state index in [1.807, 2.05) is 0 Å². The van der Waals surface area contributed by atoms with E-state index in [2.05, 4.69) is 15.4 Å². The monoisotopic (exact) mass is 354 g/mol. The molecule has 1 fully saturated rings. The van der Waals surface area contributed by atoms with Crippen LogP contribution in [0.2, 0.25) is 0 Å². The Hall–Kier alpha value is -0.920. The van der Waals surface area contributed by atoms with Crippen molar-refractivity contribution in [2.45, 2.75) is 32.8 Å². The van der Waals surface area contributed by atoms with E-state index in [4.69, 9.17) is 0 Å². The number of hydrogen-bond acceptors (Lipinski definition) is 4. The van der Waals surface area contributed by atoms with E-state index < -0.39 is 6.61 Å². The van der Waals surface area contributed by atoms with E-state index in [-0.39, 0.29) is 28.9 Å². The van der Waals surface area contributed by atoms with E-state index in [0.717, 1.165) is 30.8 Å². The predicted octanol–water partition coefficient (Wildman–Crippen LogP) is 3.20. The van der Waals surface area contributed by atoms with Crippen LogP contribution in [0.25, 0.3) is 0 Å². The molecule has 1 aliphatic heterocycles. The van der Waals surface area contributed by atoms with Gasteiger partial charge in [0.25, 0.3) is 5.91 Å². The molecule has 4 nitrogen and oxygen atoms in total. The lowest BCUT2D eigenvalue weighted by Crippen LogP contribution is -2.33. The van der Waals surface area contributed by atoms with Crippen molar-refractivity contribution in [2.24, 2.45) is 5.92 Å². The molecule has 1 saturated heterocycles. The molecule has 2 N–H and O–H groups in total. The minimum Gasteiger partial charge on any atom is -0.433 e. The highest BCUT2D eigenvalue weighted by Crippen LogP contribution is 2.30. The molecule has 1 unspecified atom stereocenters. The molecular weight excluding hydrogens is 334 g/mol. The lowest BCUT2D eigenvalue weighted by atomic mass is 9.96. The molecule has 0 radical (unpaired) electrons. The van der Waals surface area contributed by atoms with Gasteiger partial charge >= 0.3 is 6.61 Å². The predicted molar refractivity (Wildman–Crippen MR) is 85.5 cm³/mol. The van der Waals surface area contributed by atoms with E-state index in [1.54, 1.807) is 6.92 Å². The van der Waals surface area contributed by atoms with Crippen LogP contribution < -0.4 is 15.4 Å². The largest absolute Gasteiger partial charge is 0.433 e. The van der Waals surface area contributed by atoms with E-state index >= 15 is 0 Å². The number of amides is 1. The molecule has 8 heteroatoms. The first-order valence-corrected chi connectivity index (χ1v) is 7.92. The van der Waals surface area contributed by atoms with Gasteiger partial charge in [0, 0.05) is 11.4 Å². The summed E-state index contributed by atoms with van der Waals surface area (Å²) in [5.74, 6) is 0.192. The number of aryl methyl sites for hydroxylation is 1. The summed E-state index contributed by atoms with van der Waals surface area (Å²) in [7, 11) is 0. The molecule has 2 heterocycles. The molecule has 0 aromatic carbocycles. The Labute approximate surface area is 139 Å². The van der Waals surface area contributed by atoms with Crippen LogP contribution in [0.15, 0.2) is 6.07 Å². The molecule has 1 aromatic heterocycles. The van der Waals surface area contributed by atoms with Crippen LogP contribution in [-0.4, -0.2) is 32.2 Å². The van der Waals surface area contributed by atoms with E-state index in [1.165, 1.54) is 23.8 Å². The first kappa shape index (κ1) is 19.1. The SMILES string of the molecule is Cc1cc(OC(F)F)c(C(=O)NCCC2CCCNC2)s1.Cl. The fourth-order valence-electron chi connectivity index (χ4n) is 2.47. The van der Waals surface area contributed by atoms with Crippen LogP contribution in [0, 0.1) is 12.8 Å². The molecule has 0 aliphatic carbocycles. The summed E-state index contributed by atoms with van der Waals surface area (Å²) in [6.45, 7) is 1.43. The van der Waals surface area contributed by atoms with Gasteiger partial charge in [-0.05, 0) is 51.3 Å². The summed E-state index contributed by atoms with van der Waals surface area (Å²) in [6, 6.07) is 1.47. The number of thiophene rings is 1. The zero-order valence-electron chi connectivity index (χ0n) is 12.4. The minimum absolute atomic E-state index is 0. The van der Waals surface area contributed by atoms with Crippen LogP contribution in [0.5, 0.6) is 5.75 Å². The highest BCUT2D eigenvalue weighted by Gasteiger charge is 2.19. The number of alkyl halides is 2. The second-order valence-corrected chi connectivity index (χ2v) is 6.44. The zero-order chi connectivity index (χ0) is 15.2. The van der Waals surface area contributed by atoms with Gasteiger partial charge < -0.3 is 15.4 Å². The van der Waals surface area contributed by atoms with Crippen LogP contribution in [0.3, 0.4) is 0 Å². The second-order valence-electron chi connectivity index (χ2n) is 5.19. The number of hydrogen-bond donors (Lipinski definition) is 2. The third-order valence-corrected chi connectivity index (χ3v) is 4.51. The first-order chi connectivity index (χ1) is 10.1. The van der Waals surface area contributed by atoms with Crippen molar-refractivity contribution in [3.05, 3.63) is 15.8 Å². The van der Waals surface area contributed by atoms with Crippen molar-refractivity contribution in [2.75, 3.05) is 19.6 Å². The van der Waals surface area contributed by atoms with Gasteiger partial charge in [-0.1, -0.05) is 0 Å². The van der Waals surface area contributed by atoms with Crippen molar-refractivity contribution in [1.29, 1.82) is 0 Å². The third-order valence-electron chi connectivity index (χ3n) is 3.48. The van der Waals surface area contributed by atoms with Crippen LogP contribution in [0.1, 0.15) is 33.8 Å². The Balaban J connectivity index is 0.00000242. The third kappa shape index (κ3) is 5.70. The fraction of sp³-hybridized carbons (Fsp3) is 0.643. The number of halogens is 3. The summed E-state index contributed by atoms with van der Waals surface area (Å²) in [5, 5.41) is 6.12. The van der Waals surface area contributed by atoms with Crippen molar-refractivity contribution < 1.29 is 18.3 Å². The molecule has 0 bridgehead atoms. The normalized spacial score (nSPS) is 17.9. The topological polar surface area (TPSA) is 50.4 Å². The van der Waals surface area contributed by atoms with E-state index in [9.17, 15) is 13.6 Å². The highest BCUT2D eigenvalue weighted by atomic mass is 35.5. The van der Waals surface area contributed by atoms with Crippen LogP contribution in [-0.2, 0) is 0 Å². The Kier molecular flexibility index (Phi) is 8.06. The number of nitrogens with one attached hydrogen (secondary N) is 2. The summed E-state index contributed by atoms with van der Waals surface area (Å²) >= 11 is 1.17. The second kappa shape index (κ2) is 9.27. The number of ether oxygens (including phenoxy) is 1. The standard InChI is InChI=1S/C14H20F2N2O2S.ClH/c1-9-7-11(20-14(15)16)12(21-9)13(19)18-6-4-10-3-2-5-17-8-10;/h7,10,14,17H,2-6,8H2,1H3,(H,18,19);1H. The lowest BCUT2D eigenvalue weighted by molar-refractivity contribution is -0.0498. The maximum Gasteiger partial charge on any atom is 0.387 e. The molecule has 2 rings (SSSR count). The molecular formula is C14H21ClF2N2O2S. The molecule has 22 heavy (non-hydrogen) atoms. The molecule has 1 aromatic rings. The van der Waals surface area contributed by atoms with Gasteiger partial charge in [-0.25, -0.2) is 0 Å². The quantitative estimate of drug-likeness (QED) is 0.824. The van der Waals surface area contributed by atoms with E-state index in [0.29, 0.717) is 12.5 Å². The summed E-state index contributed by atoms with van der Waals surface area (Å²) in [4.78, 5) is 13.0. The van der Waals surface area contributed by atoms with Gasteiger partial charge in [0.1, 0.15) is 10.6 Å². The molecule has 0 saturated carbocycles. The number of piperidine rings is 1. The molecule has 126 valence electrons. The number of rotatable bonds is 6. The number of carbonyl (C=O) groups excluding carboxylic acids is 1. The fourth-order valence-corrected chi connectivity index (χ4v) is 3.33. The molecule has 1 atom stereocenters. The minimum atomic E-state index is -2.92. The van der Waals surface area contributed by atoms with Gasteiger partial charge in [0.15, 0.2) is 0 Å². The smallest absolute Gasteiger partial charge is 0.387 e. The van der Waals surface area contributed by atoms with Crippen LogP contribution in [0.4, 0.5) is 8.78 Å². The Morgan fingerprint density at radius 2 is 2.36 bits per heavy atom. The lowest BCUT2D eigenvalue weighted by Gasteiger charge is -2.22. The zero-order valence-corrected chi connectivity index (χ0v) is 14.0. The van der Waals surface area contributed by atoms with Gasteiger partial charge in [-0.3, -0.25) is 4.79 Å². The Morgan fingerprint density at radius 1 is 1.59 bits per heavy atom. The first-order valence-electron chi connectivity index (χ1n) is 7.10. The maximum absolute atomic E-state index is 12.3. The summed E-state index contributed by atoms with van der Waals surface area (Å²) < 4.78 is 29.0. The average Bonchev–Trinajstić information content (AvgIpc) is 2.80. The van der Waals surface area contributed by atoms with Gasteiger partial charge in [-0.2, -0.15) is 8.78 Å². The van der Waals surface area contributed by atoms with Crippen molar-refractivity contribution in [3.8, 4) is 5.75 Å². The molecule has 1 amide bonds. The Morgan fingerprint density at radius 3 is 3.00 bits per heavy atom. The Bertz CT molecular complexity index is 479. The summed E-state index contributed by atoms with van der Waals surface area (Å²) in [6.07, 6.45) is 3.23. The maximum atomic E-state index is 12.3. The van der Waals surface area contributed by atoms with Crippen molar-refractivity contribution in [3.63, 3.8) is 0 Å². The summed E-state index contributed by atoms with van der Waals surface area (Å²) in [5.41, 5.74) is 0. The van der Waals surface area contributed by atoms with Crippen molar-refractivity contribution >= 4 is 29.7 Å². The van der Waals surface area contributed by atoms with Crippen molar-refractivity contribution in [1.82, 2.24) is 10.6 Å². The van der Waals surface area contributed by atoms with Gasteiger partial charge in [-0.15, -0.1) is 23.7 Å². The van der Waals surface area contributed by atoms with Gasteiger partial charge in [0.05, 0.1) is 0 Å². The highest BCUT2D eigenvalue weighted by molar-refractivity contribution is 7.14. The molecule has 0 spiro atoms. The number of carbonyl (C=O) groups is 1. The average molecular weight is 355 g/mol. The van der Waals surface area contributed by atoms with Gasteiger partial charge in [0.2, 0.25) is 0 Å². The molecule has 1 aliphatic rings.